The van der Waals surface area contributed by atoms with Gasteiger partial charge in [0.15, 0.2) is 0 Å². The Morgan fingerprint density at radius 2 is 1.67 bits per heavy atom. The maximum absolute atomic E-state index is 13.3. The van der Waals surface area contributed by atoms with Gasteiger partial charge in [0, 0.05) is 16.1 Å². The van der Waals surface area contributed by atoms with Crippen LogP contribution in [0.4, 0.5) is 4.39 Å². The van der Waals surface area contributed by atoms with E-state index in [9.17, 15) is 4.39 Å². The maximum Gasteiger partial charge on any atom is 0.137 e. The lowest BCUT2D eigenvalue weighted by Crippen LogP contribution is -2.38. The summed E-state index contributed by atoms with van der Waals surface area (Å²) in [5.74, 6) is -0.238. The van der Waals surface area contributed by atoms with Crippen molar-refractivity contribution in [2.45, 2.75) is 32.4 Å². The van der Waals surface area contributed by atoms with E-state index in [0.717, 1.165) is 10.0 Å². The second kappa shape index (κ2) is 6.59. The standard InChI is InChI=1S/C17H18Br2FN/c1-11(12-4-9-16(20)15(19)10-12)21-17(2,3)13-5-7-14(18)8-6-13/h4-11,21H,1-3H3. The quantitative estimate of drug-likeness (QED) is 0.652. The van der Waals surface area contributed by atoms with Crippen LogP contribution in [0.2, 0.25) is 0 Å². The highest BCUT2D eigenvalue weighted by molar-refractivity contribution is 9.10. The molecule has 4 heteroatoms. The van der Waals surface area contributed by atoms with Crippen LogP contribution < -0.4 is 5.32 Å². The fraction of sp³-hybridized carbons (Fsp3) is 0.294. The van der Waals surface area contributed by atoms with Crippen LogP contribution in [0, 0.1) is 5.82 Å². The van der Waals surface area contributed by atoms with E-state index in [4.69, 9.17) is 0 Å². The summed E-state index contributed by atoms with van der Waals surface area (Å²) in [7, 11) is 0. The predicted molar refractivity (Wildman–Crippen MR) is 92.8 cm³/mol. The second-order valence-electron chi connectivity index (χ2n) is 5.67. The van der Waals surface area contributed by atoms with Crippen LogP contribution in [-0.2, 0) is 5.54 Å². The molecule has 0 aromatic heterocycles. The molecule has 0 radical (unpaired) electrons. The van der Waals surface area contributed by atoms with Crippen molar-refractivity contribution in [1.29, 1.82) is 0 Å². The van der Waals surface area contributed by atoms with E-state index in [1.54, 1.807) is 0 Å². The molecule has 0 spiro atoms. The van der Waals surface area contributed by atoms with Gasteiger partial charge in [0.2, 0.25) is 0 Å². The van der Waals surface area contributed by atoms with Crippen molar-refractivity contribution in [3.63, 3.8) is 0 Å². The molecule has 1 nitrogen and oxygen atoms in total. The van der Waals surface area contributed by atoms with Crippen LogP contribution in [0.1, 0.15) is 37.9 Å². The molecule has 0 aliphatic carbocycles. The molecule has 2 aromatic carbocycles. The lowest BCUT2D eigenvalue weighted by atomic mass is 9.92. The number of hydrogen-bond donors (Lipinski definition) is 1. The minimum absolute atomic E-state index is 0.112. The summed E-state index contributed by atoms with van der Waals surface area (Å²) >= 11 is 6.69. The van der Waals surface area contributed by atoms with Gasteiger partial charge in [-0.25, -0.2) is 4.39 Å². The fourth-order valence-corrected chi connectivity index (χ4v) is 3.02. The Bertz CT molecular complexity index is 623. The van der Waals surface area contributed by atoms with Crippen molar-refractivity contribution in [3.8, 4) is 0 Å². The highest BCUT2D eigenvalue weighted by Gasteiger charge is 2.23. The van der Waals surface area contributed by atoms with Crippen molar-refractivity contribution in [2.24, 2.45) is 0 Å². The van der Waals surface area contributed by atoms with Crippen LogP contribution in [0.5, 0.6) is 0 Å². The number of hydrogen-bond acceptors (Lipinski definition) is 1. The van der Waals surface area contributed by atoms with Gasteiger partial charge in [0.25, 0.3) is 0 Å². The molecule has 0 heterocycles. The Morgan fingerprint density at radius 1 is 1.05 bits per heavy atom. The summed E-state index contributed by atoms with van der Waals surface area (Å²) in [5.41, 5.74) is 2.08. The van der Waals surface area contributed by atoms with E-state index in [1.165, 1.54) is 11.6 Å². The van der Waals surface area contributed by atoms with E-state index in [0.29, 0.717) is 4.47 Å². The molecule has 0 saturated carbocycles. The van der Waals surface area contributed by atoms with Gasteiger partial charge in [-0.05, 0) is 72.1 Å². The zero-order chi connectivity index (χ0) is 15.6. The largest absolute Gasteiger partial charge is 0.301 e. The summed E-state index contributed by atoms with van der Waals surface area (Å²) in [4.78, 5) is 0. The third-order valence-corrected chi connectivity index (χ3v) is 4.72. The van der Waals surface area contributed by atoms with Crippen molar-refractivity contribution in [2.75, 3.05) is 0 Å². The molecule has 0 bridgehead atoms. The van der Waals surface area contributed by atoms with E-state index in [1.807, 2.05) is 24.3 Å². The fourth-order valence-electron chi connectivity index (χ4n) is 2.36. The molecule has 112 valence electrons. The van der Waals surface area contributed by atoms with Crippen LogP contribution in [-0.4, -0.2) is 0 Å². The van der Waals surface area contributed by atoms with Crippen molar-refractivity contribution in [1.82, 2.24) is 5.32 Å². The number of halogens is 3. The van der Waals surface area contributed by atoms with Crippen LogP contribution >= 0.6 is 31.9 Å². The van der Waals surface area contributed by atoms with Crippen LogP contribution in [0.25, 0.3) is 0 Å². The Hall–Kier alpha value is -0.710. The van der Waals surface area contributed by atoms with Gasteiger partial charge in [0.05, 0.1) is 4.47 Å². The normalized spacial score (nSPS) is 13.2. The molecule has 0 aliphatic heterocycles. The van der Waals surface area contributed by atoms with Gasteiger partial charge in [-0.2, -0.15) is 0 Å². The molecule has 0 saturated heterocycles. The maximum atomic E-state index is 13.3. The Balaban J connectivity index is 2.18. The smallest absolute Gasteiger partial charge is 0.137 e. The molecular weight excluding hydrogens is 397 g/mol. The van der Waals surface area contributed by atoms with E-state index >= 15 is 0 Å². The van der Waals surface area contributed by atoms with Crippen LogP contribution in [0.15, 0.2) is 51.4 Å². The zero-order valence-corrected chi connectivity index (χ0v) is 15.4. The lowest BCUT2D eigenvalue weighted by Gasteiger charge is -2.31. The van der Waals surface area contributed by atoms with Gasteiger partial charge in [-0.1, -0.05) is 34.1 Å². The SMILES string of the molecule is CC(NC(C)(C)c1ccc(Br)cc1)c1ccc(F)c(Br)c1. The Morgan fingerprint density at radius 3 is 2.24 bits per heavy atom. The topological polar surface area (TPSA) is 12.0 Å². The Kier molecular flexibility index (Phi) is 5.23. The van der Waals surface area contributed by atoms with Gasteiger partial charge >= 0.3 is 0 Å². The molecular formula is C17H18Br2FN. The number of benzene rings is 2. The third kappa shape index (κ3) is 4.15. The van der Waals surface area contributed by atoms with E-state index in [-0.39, 0.29) is 17.4 Å². The van der Waals surface area contributed by atoms with Crippen LogP contribution in [0.3, 0.4) is 0 Å². The molecule has 0 fully saturated rings. The Labute approximate surface area is 142 Å². The molecule has 1 unspecified atom stereocenters. The second-order valence-corrected chi connectivity index (χ2v) is 7.44. The van der Waals surface area contributed by atoms with Gasteiger partial charge in [0.1, 0.15) is 5.82 Å². The van der Waals surface area contributed by atoms with Crippen molar-refractivity contribution < 1.29 is 4.39 Å². The van der Waals surface area contributed by atoms with Gasteiger partial charge < -0.3 is 5.32 Å². The molecule has 0 aliphatic rings. The molecule has 1 N–H and O–H groups in total. The van der Waals surface area contributed by atoms with Gasteiger partial charge in [-0.3, -0.25) is 0 Å². The van der Waals surface area contributed by atoms with E-state index in [2.05, 4.69) is 70.1 Å². The molecule has 2 rings (SSSR count). The highest BCUT2D eigenvalue weighted by Crippen LogP contribution is 2.27. The van der Waals surface area contributed by atoms with E-state index < -0.39 is 0 Å². The lowest BCUT2D eigenvalue weighted by molar-refractivity contribution is 0.357. The minimum atomic E-state index is -0.238. The minimum Gasteiger partial charge on any atom is -0.301 e. The highest BCUT2D eigenvalue weighted by atomic mass is 79.9. The van der Waals surface area contributed by atoms with Crippen molar-refractivity contribution >= 4 is 31.9 Å². The number of nitrogens with one attached hydrogen (secondary N) is 1. The summed E-state index contributed by atoms with van der Waals surface area (Å²) < 4.78 is 14.9. The van der Waals surface area contributed by atoms with Crippen molar-refractivity contribution in [3.05, 3.63) is 68.4 Å². The predicted octanol–water partition coefficient (Wildman–Crippen LogP) is 5.94. The zero-order valence-electron chi connectivity index (χ0n) is 12.3. The molecule has 21 heavy (non-hydrogen) atoms. The first kappa shape index (κ1) is 16.7. The first-order valence-electron chi connectivity index (χ1n) is 6.78. The van der Waals surface area contributed by atoms with Gasteiger partial charge in [-0.15, -0.1) is 0 Å². The first-order chi connectivity index (χ1) is 9.79. The first-order valence-corrected chi connectivity index (χ1v) is 8.37. The molecule has 1 atom stereocenters. The average Bonchev–Trinajstić information content (AvgIpc) is 2.41. The number of rotatable bonds is 4. The monoisotopic (exact) mass is 413 g/mol. The summed E-state index contributed by atoms with van der Waals surface area (Å²) in [6, 6.07) is 13.5. The molecule has 2 aromatic rings. The summed E-state index contributed by atoms with van der Waals surface area (Å²) in [5, 5.41) is 3.60. The summed E-state index contributed by atoms with van der Waals surface area (Å²) in [6.45, 7) is 6.37. The molecule has 0 amide bonds. The summed E-state index contributed by atoms with van der Waals surface area (Å²) in [6.07, 6.45) is 0. The third-order valence-electron chi connectivity index (χ3n) is 3.59. The average molecular weight is 415 g/mol.